The number of hydrogen-bond acceptors (Lipinski definition) is 4. The summed E-state index contributed by atoms with van der Waals surface area (Å²) >= 11 is 5.32. The van der Waals surface area contributed by atoms with Crippen molar-refractivity contribution in [1.29, 1.82) is 0 Å². The average Bonchev–Trinajstić information content (AvgIpc) is 2.65. The van der Waals surface area contributed by atoms with Crippen molar-refractivity contribution < 1.29 is 9.53 Å². The van der Waals surface area contributed by atoms with E-state index >= 15 is 0 Å². The molecule has 0 amide bonds. The fourth-order valence-electron chi connectivity index (χ4n) is 2.17. The van der Waals surface area contributed by atoms with E-state index in [4.69, 9.17) is 17.0 Å². The van der Waals surface area contributed by atoms with E-state index in [9.17, 15) is 4.79 Å². The minimum Gasteiger partial charge on any atom is -0.467 e. The number of aryl methyl sites for hydroxylation is 1. The number of fused-ring (bicyclic) bond motifs is 1. The van der Waals surface area contributed by atoms with Gasteiger partial charge in [0.05, 0.1) is 12.6 Å². The van der Waals surface area contributed by atoms with Crippen molar-refractivity contribution in [3.63, 3.8) is 0 Å². The highest BCUT2D eigenvalue weighted by atomic mass is 32.1. The summed E-state index contributed by atoms with van der Waals surface area (Å²) in [5, 5.41) is 0. The maximum atomic E-state index is 12.0. The number of imidazole rings is 1. The minimum atomic E-state index is -0.471. The van der Waals surface area contributed by atoms with Crippen LogP contribution in [0, 0.1) is 17.6 Å². The fraction of sp³-hybridized carbons (Fsp3) is 0.462. The van der Waals surface area contributed by atoms with Crippen molar-refractivity contribution >= 4 is 29.4 Å². The maximum absolute atomic E-state index is 12.0. The summed E-state index contributed by atoms with van der Waals surface area (Å²) in [6, 6.07) is 1.49. The number of aromatic nitrogens is 3. The largest absolute Gasteiger partial charge is 0.467 e. The van der Waals surface area contributed by atoms with Crippen molar-refractivity contribution in [1.82, 2.24) is 14.5 Å². The summed E-state index contributed by atoms with van der Waals surface area (Å²) in [4.78, 5) is 19.5. The first-order valence-corrected chi connectivity index (χ1v) is 6.51. The SMILES string of the molecule is COC(=O)C(C(C)C)n1c(=S)[nH]c2cc(C)cnc21. The van der Waals surface area contributed by atoms with Crippen LogP contribution < -0.4 is 0 Å². The van der Waals surface area contributed by atoms with E-state index in [1.54, 1.807) is 10.8 Å². The molecule has 0 radical (unpaired) electrons. The molecule has 2 aromatic rings. The number of carbonyl (C=O) groups is 1. The molecule has 0 bridgehead atoms. The third kappa shape index (κ3) is 2.40. The molecule has 1 N–H and O–H groups in total. The zero-order chi connectivity index (χ0) is 14.2. The van der Waals surface area contributed by atoms with Crippen LogP contribution in [0.15, 0.2) is 12.3 Å². The Morgan fingerprint density at radius 1 is 1.53 bits per heavy atom. The molecule has 0 saturated carbocycles. The normalized spacial score (nSPS) is 12.9. The third-order valence-corrected chi connectivity index (χ3v) is 3.34. The van der Waals surface area contributed by atoms with Crippen molar-refractivity contribution in [2.45, 2.75) is 26.8 Å². The molecule has 0 aliphatic heterocycles. The summed E-state index contributed by atoms with van der Waals surface area (Å²) in [5.41, 5.74) is 2.55. The predicted octanol–water partition coefficient (Wildman–Crippen LogP) is 2.77. The Bertz CT molecular complexity index is 672. The number of carbonyl (C=O) groups excluding carboxylic acids is 1. The number of hydrogen-bond donors (Lipinski definition) is 1. The summed E-state index contributed by atoms with van der Waals surface area (Å²) in [6.45, 7) is 5.87. The molecule has 19 heavy (non-hydrogen) atoms. The first-order chi connectivity index (χ1) is 8.95. The van der Waals surface area contributed by atoms with E-state index in [0.29, 0.717) is 10.4 Å². The Morgan fingerprint density at radius 2 is 2.21 bits per heavy atom. The standard InChI is InChI=1S/C13H17N3O2S/c1-7(2)10(12(17)18-4)16-11-9(15-13(16)19)5-8(3)6-14-11/h5-7,10H,1-4H3,(H,15,19). The molecule has 5 nitrogen and oxygen atoms in total. The van der Waals surface area contributed by atoms with Crippen LogP contribution in [0.5, 0.6) is 0 Å². The minimum absolute atomic E-state index is 0.0567. The van der Waals surface area contributed by atoms with Crippen LogP contribution in [-0.2, 0) is 9.53 Å². The lowest BCUT2D eigenvalue weighted by atomic mass is 10.0. The molecule has 0 saturated heterocycles. The van der Waals surface area contributed by atoms with Gasteiger partial charge in [-0.05, 0) is 36.7 Å². The number of rotatable bonds is 3. The summed E-state index contributed by atoms with van der Waals surface area (Å²) in [5.74, 6) is -0.254. The Morgan fingerprint density at radius 3 is 2.79 bits per heavy atom. The second-order valence-corrected chi connectivity index (χ2v) is 5.28. The highest BCUT2D eigenvalue weighted by Gasteiger charge is 2.27. The smallest absolute Gasteiger partial charge is 0.329 e. The number of esters is 1. The lowest BCUT2D eigenvalue weighted by molar-refractivity contribution is -0.145. The summed E-state index contributed by atoms with van der Waals surface area (Å²) in [7, 11) is 1.38. The van der Waals surface area contributed by atoms with Crippen LogP contribution >= 0.6 is 12.2 Å². The lowest BCUT2D eigenvalue weighted by Crippen LogP contribution is -2.26. The van der Waals surface area contributed by atoms with Crippen LogP contribution in [0.1, 0.15) is 25.5 Å². The molecule has 6 heteroatoms. The number of pyridine rings is 1. The van der Waals surface area contributed by atoms with Crippen LogP contribution in [-0.4, -0.2) is 27.6 Å². The predicted molar refractivity (Wildman–Crippen MR) is 75.5 cm³/mol. The monoisotopic (exact) mass is 279 g/mol. The average molecular weight is 279 g/mol. The summed E-state index contributed by atoms with van der Waals surface area (Å²) in [6.07, 6.45) is 1.76. The van der Waals surface area contributed by atoms with Crippen molar-refractivity contribution in [2.24, 2.45) is 5.92 Å². The Kier molecular flexibility index (Phi) is 3.71. The molecule has 2 heterocycles. The molecular formula is C13H17N3O2S. The van der Waals surface area contributed by atoms with Gasteiger partial charge in [0, 0.05) is 6.20 Å². The Hall–Kier alpha value is -1.69. The van der Waals surface area contributed by atoms with Gasteiger partial charge in [-0.3, -0.25) is 4.57 Å². The number of methoxy groups -OCH3 is 1. The van der Waals surface area contributed by atoms with Crippen LogP contribution in [0.25, 0.3) is 11.2 Å². The van der Waals surface area contributed by atoms with Gasteiger partial charge in [-0.2, -0.15) is 0 Å². The van der Waals surface area contributed by atoms with Gasteiger partial charge in [-0.15, -0.1) is 0 Å². The van der Waals surface area contributed by atoms with Crippen molar-refractivity contribution in [2.75, 3.05) is 7.11 Å². The van der Waals surface area contributed by atoms with Gasteiger partial charge in [0.2, 0.25) is 0 Å². The molecule has 2 aromatic heterocycles. The summed E-state index contributed by atoms with van der Waals surface area (Å²) < 4.78 is 7.10. The number of H-pyrrole nitrogens is 1. The van der Waals surface area contributed by atoms with Crippen LogP contribution in [0.4, 0.5) is 0 Å². The maximum Gasteiger partial charge on any atom is 0.329 e. The second kappa shape index (κ2) is 5.13. The van der Waals surface area contributed by atoms with Gasteiger partial charge in [-0.1, -0.05) is 13.8 Å². The quantitative estimate of drug-likeness (QED) is 0.693. The molecule has 102 valence electrons. The first-order valence-electron chi connectivity index (χ1n) is 6.10. The van der Waals surface area contributed by atoms with Crippen LogP contribution in [0.2, 0.25) is 0 Å². The molecule has 1 unspecified atom stereocenters. The Labute approximate surface area is 116 Å². The van der Waals surface area contributed by atoms with E-state index < -0.39 is 6.04 Å². The lowest BCUT2D eigenvalue weighted by Gasteiger charge is -2.20. The zero-order valence-corrected chi connectivity index (χ0v) is 12.2. The molecule has 0 aromatic carbocycles. The highest BCUT2D eigenvalue weighted by Crippen LogP contribution is 2.25. The van der Waals surface area contributed by atoms with Gasteiger partial charge in [-0.25, -0.2) is 9.78 Å². The van der Waals surface area contributed by atoms with Gasteiger partial charge in [0.15, 0.2) is 10.4 Å². The molecule has 2 rings (SSSR count). The molecular weight excluding hydrogens is 262 g/mol. The first kappa shape index (κ1) is 13.7. The van der Waals surface area contributed by atoms with E-state index in [0.717, 1.165) is 11.1 Å². The van der Waals surface area contributed by atoms with Crippen molar-refractivity contribution in [3.05, 3.63) is 22.6 Å². The molecule has 0 spiro atoms. The molecule has 0 aliphatic rings. The number of ether oxygens (including phenoxy) is 1. The molecule has 0 aliphatic carbocycles. The van der Waals surface area contributed by atoms with Crippen molar-refractivity contribution in [3.8, 4) is 0 Å². The number of nitrogens with one attached hydrogen (secondary N) is 1. The second-order valence-electron chi connectivity index (χ2n) is 4.90. The van der Waals surface area contributed by atoms with Gasteiger partial charge in [0.25, 0.3) is 0 Å². The fourth-order valence-corrected chi connectivity index (χ4v) is 2.48. The topological polar surface area (TPSA) is 59.9 Å². The highest BCUT2D eigenvalue weighted by molar-refractivity contribution is 7.71. The van der Waals surface area contributed by atoms with Crippen LogP contribution in [0.3, 0.4) is 0 Å². The van der Waals surface area contributed by atoms with E-state index in [1.165, 1.54) is 7.11 Å². The number of aromatic amines is 1. The van der Waals surface area contributed by atoms with Gasteiger partial charge >= 0.3 is 5.97 Å². The molecule has 1 atom stereocenters. The van der Waals surface area contributed by atoms with Gasteiger partial charge < -0.3 is 9.72 Å². The van der Waals surface area contributed by atoms with Gasteiger partial charge in [0.1, 0.15) is 6.04 Å². The Balaban J connectivity index is 2.69. The van der Waals surface area contributed by atoms with E-state index in [1.807, 2.05) is 26.8 Å². The zero-order valence-electron chi connectivity index (χ0n) is 11.4. The van der Waals surface area contributed by atoms with E-state index in [-0.39, 0.29) is 11.9 Å². The molecule has 0 fully saturated rings. The van der Waals surface area contributed by atoms with E-state index in [2.05, 4.69) is 9.97 Å². The number of nitrogens with zero attached hydrogens (tertiary/aromatic N) is 2. The third-order valence-electron chi connectivity index (χ3n) is 3.04.